The molecule has 0 bridgehead atoms. The number of hydrogen-bond acceptors (Lipinski definition) is 4. The van der Waals surface area contributed by atoms with Crippen molar-refractivity contribution in [3.05, 3.63) is 0 Å². The second kappa shape index (κ2) is 4.28. The summed E-state index contributed by atoms with van der Waals surface area (Å²) in [6.07, 6.45) is 3.29. The summed E-state index contributed by atoms with van der Waals surface area (Å²) in [5.41, 5.74) is 0. The van der Waals surface area contributed by atoms with Gasteiger partial charge in [0.1, 0.15) is 6.04 Å². The lowest BCUT2D eigenvalue weighted by atomic mass is 9.95. The number of carbonyl (C=O) groups is 1. The number of likely N-dealkylation sites (tertiary alicyclic amines) is 1. The SMILES string of the molecule is COC(=O)C1CCN1C1CCNCC1. The van der Waals surface area contributed by atoms with Crippen LogP contribution in [-0.4, -0.2) is 49.7 Å². The van der Waals surface area contributed by atoms with Crippen molar-refractivity contribution < 1.29 is 9.53 Å². The summed E-state index contributed by atoms with van der Waals surface area (Å²) in [6.45, 7) is 3.22. The second-order valence-electron chi connectivity index (χ2n) is 4.05. The Labute approximate surface area is 84.6 Å². The highest BCUT2D eigenvalue weighted by molar-refractivity contribution is 5.76. The molecule has 4 nitrogen and oxygen atoms in total. The normalized spacial score (nSPS) is 29.6. The van der Waals surface area contributed by atoms with Gasteiger partial charge in [-0.05, 0) is 32.4 Å². The lowest BCUT2D eigenvalue weighted by Crippen LogP contribution is -2.59. The van der Waals surface area contributed by atoms with Crippen molar-refractivity contribution in [3.8, 4) is 0 Å². The monoisotopic (exact) mass is 198 g/mol. The van der Waals surface area contributed by atoms with Crippen molar-refractivity contribution >= 4 is 5.97 Å². The van der Waals surface area contributed by atoms with Crippen molar-refractivity contribution in [2.75, 3.05) is 26.7 Å². The van der Waals surface area contributed by atoms with Crippen LogP contribution in [0.5, 0.6) is 0 Å². The van der Waals surface area contributed by atoms with E-state index in [-0.39, 0.29) is 12.0 Å². The second-order valence-corrected chi connectivity index (χ2v) is 4.05. The Balaban J connectivity index is 1.88. The van der Waals surface area contributed by atoms with Crippen LogP contribution in [0.1, 0.15) is 19.3 Å². The molecule has 0 radical (unpaired) electrons. The molecular weight excluding hydrogens is 180 g/mol. The third kappa shape index (κ3) is 1.77. The average molecular weight is 198 g/mol. The van der Waals surface area contributed by atoms with Crippen LogP contribution in [0.15, 0.2) is 0 Å². The molecule has 0 spiro atoms. The summed E-state index contributed by atoms with van der Waals surface area (Å²) in [4.78, 5) is 13.7. The molecule has 1 N–H and O–H groups in total. The zero-order valence-corrected chi connectivity index (χ0v) is 8.66. The minimum atomic E-state index is -0.0604. The molecule has 1 unspecified atom stereocenters. The highest BCUT2D eigenvalue weighted by Crippen LogP contribution is 2.25. The summed E-state index contributed by atoms with van der Waals surface area (Å²) in [5, 5.41) is 3.33. The van der Waals surface area contributed by atoms with Crippen LogP contribution in [0.3, 0.4) is 0 Å². The average Bonchev–Trinajstić information content (AvgIpc) is 2.17. The molecule has 0 amide bonds. The minimum Gasteiger partial charge on any atom is -0.468 e. The fraction of sp³-hybridized carbons (Fsp3) is 0.900. The summed E-state index contributed by atoms with van der Waals surface area (Å²) in [7, 11) is 1.47. The molecule has 1 atom stereocenters. The Bertz CT molecular complexity index is 214. The number of nitrogens with one attached hydrogen (secondary N) is 1. The summed E-state index contributed by atoms with van der Waals surface area (Å²) in [6, 6.07) is 0.636. The molecule has 2 saturated heterocycles. The van der Waals surface area contributed by atoms with E-state index in [4.69, 9.17) is 4.74 Å². The quantitative estimate of drug-likeness (QED) is 0.633. The van der Waals surface area contributed by atoms with Gasteiger partial charge >= 0.3 is 5.97 Å². The first-order valence-electron chi connectivity index (χ1n) is 5.37. The Morgan fingerprint density at radius 1 is 1.36 bits per heavy atom. The highest BCUT2D eigenvalue weighted by Gasteiger charge is 2.39. The van der Waals surface area contributed by atoms with Crippen LogP contribution in [0.4, 0.5) is 0 Å². The number of ether oxygens (including phenoxy) is 1. The van der Waals surface area contributed by atoms with Crippen molar-refractivity contribution in [1.29, 1.82) is 0 Å². The standard InChI is InChI=1S/C10H18N2O2/c1-14-10(13)9-4-7-12(9)8-2-5-11-6-3-8/h8-9,11H,2-7H2,1H3. The van der Waals surface area contributed by atoms with Gasteiger partial charge in [-0.25, -0.2) is 0 Å². The van der Waals surface area contributed by atoms with E-state index in [0.717, 1.165) is 38.9 Å². The van der Waals surface area contributed by atoms with Gasteiger partial charge in [0.2, 0.25) is 0 Å². The van der Waals surface area contributed by atoms with Gasteiger partial charge in [0, 0.05) is 12.6 Å². The van der Waals surface area contributed by atoms with E-state index in [0.29, 0.717) is 6.04 Å². The molecule has 14 heavy (non-hydrogen) atoms. The first-order chi connectivity index (χ1) is 6.83. The predicted octanol–water partition coefficient (Wildman–Crippen LogP) is -0.0143. The molecule has 2 aliphatic rings. The Hall–Kier alpha value is -0.610. The maximum absolute atomic E-state index is 11.4. The molecule has 2 aliphatic heterocycles. The molecular formula is C10H18N2O2. The molecule has 0 aliphatic carbocycles. The number of piperidine rings is 1. The molecule has 0 aromatic carbocycles. The van der Waals surface area contributed by atoms with Gasteiger partial charge in [-0.15, -0.1) is 0 Å². The van der Waals surface area contributed by atoms with Crippen LogP contribution >= 0.6 is 0 Å². The molecule has 0 aromatic rings. The Morgan fingerprint density at radius 3 is 2.57 bits per heavy atom. The van der Waals surface area contributed by atoms with E-state index >= 15 is 0 Å². The fourth-order valence-corrected chi connectivity index (χ4v) is 2.37. The highest BCUT2D eigenvalue weighted by atomic mass is 16.5. The first-order valence-corrected chi connectivity index (χ1v) is 5.37. The number of methoxy groups -OCH3 is 1. The van der Waals surface area contributed by atoms with Gasteiger partial charge in [-0.3, -0.25) is 9.69 Å². The van der Waals surface area contributed by atoms with Crippen molar-refractivity contribution in [1.82, 2.24) is 10.2 Å². The van der Waals surface area contributed by atoms with Crippen molar-refractivity contribution in [3.63, 3.8) is 0 Å². The van der Waals surface area contributed by atoms with Crippen molar-refractivity contribution in [2.45, 2.75) is 31.3 Å². The molecule has 80 valence electrons. The molecule has 0 saturated carbocycles. The smallest absolute Gasteiger partial charge is 0.323 e. The first kappa shape index (κ1) is 9.93. The molecule has 0 aromatic heterocycles. The molecule has 4 heteroatoms. The van der Waals surface area contributed by atoms with Gasteiger partial charge in [0.25, 0.3) is 0 Å². The number of esters is 1. The van der Waals surface area contributed by atoms with E-state index in [9.17, 15) is 4.79 Å². The van der Waals surface area contributed by atoms with E-state index in [1.165, 1.54) is 7.11 Å². The summed E-state index contributed by atoms with van der Waals surface area (Å²) in [5.74, 6) is -0.0604. The van der Waals surface area contributed by atoms with E-state index < -0.39 is 0 Å². The van der Waals surface area contributed by atoms with E-state index in [2.05, 4.69) is 10.2 Å². The number of carbonyl (C=O) groups excluding carboxylic acids is 1. The molecule has 2 rings (SSSR count). The van der Waals surface area contributed by atoms with E-state index in [1.807, 2.05) is 0 Å². The maximum Gasteiger partial charge on any atom is 0.323 e. The third-order valence-electron chi connectivity index (χ3n) is 3.31. The predicted molar refractivity (Wildman–Crippen MR) is 53.0 cm³/mol. The van der Waals surface area contributed by atoms with Crippen LogP contribution < -0.4 is 5.32 Å². The largest absolute Gasteiger partial charge is 0.468 e. The minimum absolute atomic E-state index is 0.0445. The number of hydrogen-bond donors (Lipinski definition) is 1. The maximum atomic E-state index is 11.4. The number of rotatable bonds is 2. The number of nitrogens with zero attached hydrogens (tertiary/aromatic N) is 1. The topological polar surface area (TPSA) is 41.6 Å². The lowest BCUT2D eigenvalue weighted by molar-refractivity contribution is -0.154. The molecule has 2 heterocycles. The van der Waals surface area contributed by atoms with Gasteiger partial charge in [-0.1, -0.05) is 0 Å². The van der Waals surface area contributed by atoms with Gasteiger partial charge in [-0.2, -0.15) is 0 Å². The zero-order valence-electron chi connectivity index (χ0n) is 8.66. The van der Waals surface area contributed by atoms with Crippen LogP contribution in [0.2, 0.25) is 0 Å². The van der Waals surface area contributed by atoms with Gasteiger partial charge < -0.3 is 10.1 Å². The van der Waals surface area contributed by atoms with Gasteiger partial charge in [0.15, 0.2) is 0 Å². The summed E-state index contributed by atoms with van der Waals surface area (Å²) < 4.78 is 4.78. The zero-order chi connectivity index (χ0) is 9.97. The van der Waals surface area contributed by atoms with Crippen LogP contribution in [0, 0.1) is 0 Å². The van der Waals surface area contributed by atoms with Gasteiger partial charge in [0.05, 0.1) is 7.11 Å². The Morgan fingerprint density at radius 2 is 2.07 bits per heavy atom. The Kier molecular flexibility index (Phi) is 3.03. The lowest BCUT2D eigenvalue weighted by Gasteiger charge is -2.45. The van der Waals surface area contributed by atoms with Crippen LogP contribution in [0.25, 0.3) is 0 Å². The molecule has 2 fully saturated rings. The fourth-order valence-electron chi connectivity index (χ4n) is 2.37. The van der Waals surface area contributed by atoms with Crippen LogP contribution in [-0.2, 0) is 9.53 Å². The summed E-state index contributed by atoms with van der Waals surface area (Å²) >= 11 is 0. The van der Waals surface area contributed by atoms with E-state index in [1.54, 1.807) is 0 Å². The van der Waals surface area contributed by atoms with Crippen molar-refractivity contribution in [2.24, 2.45) is 0 Å². The third-order valence-corrected chi connectivity index (χ3v) is 3.31.